The standard InChI is InChI=1S/C18H18ClN5O/c1-11-17-15-7-2-12(18(20)25)10-16(15)23(8-9-24(17)22-21-11)14-5-3-13(19)4-6-14/h2-7,10,21-22H,8-9H2,1H3,(H2,20,25). The third-order valence-corrected chi connectivity index (χ3v) is 4.77. The molecule has 2 aromatic rings. The second-order valence-corrected chi connectivity index (χ2v) is 6.52. The number of hydrogen-bond acceptors (Lipinski definition) is 5. The molecule has 6 nitrogen and oxygen atoms in total. The number of primary amides is 1. The van der Waals surface area contributed by atoms with Crippen molar-refractivity contribution >= 4 is 34.6 Å². The maximum Gasteiger partial charge on any atom is 0.248 e. The maximum absolute atomic E-state index is 11.7. The molecule has 0 fully saturated rings. The largest absolute Gasteiger partial charge is 0.366 e. The highest BCUT2D eigenvalue weighted by Crippen LogP contribution is 2.39. The molecule has 0 spiro atoms. The van der Waals surface area contributed by atoms with E-state index in [1.54, 1.807) is 6.07 Å². The van der Waals surface area contributed by atoms with Crippen molar-refractivity contribution in [1.29, 1.82) is 0 Å². The fourth-order valence-electron chi connectivity index (χ4n) is 3.30. The van der Waals surface area contributed by atoms with Crippen LogP contribution in [0.1, 0.15) is 22.8 Å². The van der Waals surface area contributed by atoms with Crippen molar-refractivity contribution in [3.8, 4) is 0 Å². The molecule has 2 aliphatic heterocycles. The number of benzene rings is 2. The molecule has 1 amide bonds. The van der Waals surface area contributed by atoms with E-state index in [1.807, 2.05) is 43.3 Å². The van der Waals surface area contributed by atoms with E-state index in [0.717, 1.165) is 41.4 Å². The van der Waals surface area contributed by atoms with Gasteiger partial charge in [0.15, 0.2) is 0 Å². The fraction of sp³-hybridized carbons (Fsp3) is 0.167. The first-order valence-corrected chi connectivity index (χ1v) is 8.40. The van der Waals surface area contributed by atoms with Gasteiger partial charge in [-0.1, -0.05) is 11.6 Å². The topological polar surface area (TPSA) is 73.6 Å². The number of hydrazine groups is 2. The highest BCUT2D eigenvalue weighted by atomic mass is 35.5. The predicted molar refractivity (Wildman–Crippen MR) is 99.0 cm³/mol. The lowest BCUT2D eigenvalue weighted by molar-refractivity contribution is 0.100. The zero-order chi connectivity index (χ0) is 17.6. The van der Waals surface area contributed by atoms with Gasteiger partial charge in [0.2, 0.25) is 5.91 Å². The molecule has 0 bridgehead atoms. The molecular weight excluding hydrogens is 338 g/mol. The SMILES string of the molecule is CC1=C2c3ccc(C(N)=O)cc3N(c3ccc(Cl)cc3)CCN2NN1. The zero-order valence-corrected chi connectivity index (χ0v) is 14.5. The number of nitrogens with zero attached hydrogens (tertiary/aromatic N) is 2. The zero-order valence-electron chi connectivity index (χ0n) is 13.7. The highest BCUT2D eigenvalue weighted by Gasteiger charge is 2.29. The van der Waals surface area contributed by atoms with Crippen molar-refractivity contribution in [3.63, 3.8) is 0 Å². The maximum atomic E-state index is 11.7. The molecule has 0 unspecified atom stereocenters. The van der Waals surface area contributed by atoms with Crippen LogP contribution in [-0.2, 0) is 0 Å². The monoisotopic (exact) mass is 355 g/mol. The second kappa shape index (κ2) is 5.98. The van der Waals surface area contributed by atoms with Crippen LogP contribution in [0.15, 0.2) is 48.2 Å². The number of nitrogens with one attached hydrogen (secondary N) is 2. The van der Waals surface area contributed by atoms with Gasteiger partial charge in [0.05, 0.1) is 23.6 Å². The Morgan fingerprint density at radius 1 is 1.16 bits per heavy atom. The van der Waals surface area contributed by atoms with Crippen molar-refractivity contribution < 1.29 is 4.79 Å². The molecule has 128 valence electrons. The van der Waals surface area contributed by atoms with Crippen molar-refractivity contribution in [2.24, 2.45) is 5.73 Å². The summed E-state index contributed by atoms with van der Waals surface area (Å²) in [6.07, 6.45) is 0. The predicted octanol–water partition coefficient (Wildman–Crippen LogP) is 2.60. The van der Waals surface area contributed by atoms with Crippen LogP contribution >= 0.6 is 11.6 Å². The molecule has 0 atom stereocenters. The van der Waals surface area contributed by atoms with Crippen LogP contribution < -0.4 is 21.6 Å². The third kappa shape index (κ3) is 2.69. The van der Waals surface area contributed by atoms with E-state index >= 15 is 0 Å². The first-order valence-electron chi connectivity index (χ1n) is 8.02. The molecule has 0 aromatic heterocycles. The van der Waals surface area contributed by atoms with E-state index in [9.17, 15) is 4.79 Å². The summed E-state index contributed by atoms with van der Waals surface area (Å²) in [5, 5.41) is 2.77. The summed E-state index contributed by atoms with van der Waals surface area (Å²) >= 11 is 6.03. The van der Waals surface area contributed by atoms with E-state index in [1.165, 1.54) is 0 Å². The normalized spacial score (nSPS) is 16.2. The van der Waals surface area contributed by atoms with Crippen LogP contribution in [0.2, 0.25) is 5.02 Å². The Morgan fingerprint density at radius 2 is 1.92 bits per heavy atom. The number of allylic oxidation sites excluding steroid dienone is 1. The Morgan fingerprint density at radius 3 is 2.64 bits per heavy atom. The van der Waals surface area contributed by atoms with Gasteiger partial charge < -0.3 is 16.1 Å². The molecule has 0 saturated carbocycles. The molecule has 7 heteroatoms. The summed E-state index contributed by atoms with van der Waals surface area (Å²) in [5.74, 6) is -0.437. The molecule has 0 radical (unpaired) electrons. The smallest absolute Gasteiger partial charge is 0.248 e. The Kier molecular flexibility index (Phi) is 3.78. The average molecular weight is 356 g/mol. The second-order valence-electron chi connectivity index (χ2n) is 6.09. The van der Waals surface area contributed by atoms with Crippen LogP contribution in [0.25, 0.3) is 5.70 Å². The molecule has 4 N–H and O–H groups in total. The van der Waals surface area contributed by atoms with E-state index in [4.69, 9.17) is 17.3 Å². The lowest BCUT2D eigenvalue weighted by Gasteiger charge is -2.25. The number of anilines is 2. The summed E-state index contributed by atoms with van der Waals surface area (Å²) in [4.78, 5) is 13.9. The number of nitrogens with two attached hydrogens (primary N) is 1. The van der Waals surface area contributed by atoms with Gasteiger partial charge in [-0.05, 0) is 49.4 Å². The van der Waals surface area contributed by atoms with Crippen LogP contribution in [-0.4, -0.2) is 24.0 Å². The van der Waals surface area contributed by atoms with Gasteiger partial charge >= 0.3 is 0 Å². The Bertz CT molecular complexity index is 878. The van der Waals surface area contributed by atoms with E-state index in [-0.39, 0.29) is 0 Å². The summed E-state index contributed by atoms with van der Waals surface area (Å²) < 4.78 is 0. The van der Waals surface area contributed by atoms with Gasteiger partial charge in [-0.25, -0.2) is 0 Å². The molecule has 2 heterocycles. The van der Waals surface area contributed by atoms with E-state index in [2.05, 4.69) is 20.9 Å². The minimum absolute atomic E-state index is 0.437. The molecule has 4 rings (SSSR count). The van der Waals surface area contributed by atoms with Crippen LogP contribution in [0.4, 0.5) is 11.4 Å². The van der Waals surface area contributed by atoms with Crippen molar-refractivity contribution in [1.82, 2.24) is 16.0 Å². The molecule has 0 aliphatic carbocycles. The van der Waals surface area contributed by atoms with Crippen molar-refractivity contribution in [2.45, 2.75) is 6.92 Å². The summed E-state index contributed by atoms with van der Waals surface area (Å²) in [5.41, 5.74) is 17.4. The van der Waals surface area contributed by atoms with Crippen molar-refractivity contribution in [2.75, 3.05) is 18.0 Å². The van der Waals surface area contributed by atoms with Crippen LogP contribution in [0.5, 0.6) is 0 Å². The summed E-state index contributed by atoms with van der Waals surface area (Å²) in [6.45, 7) is 3.53. The number of halogens is 1. The first kappa shape index (κ1) is 15.8. The molecule has 25 heavy (non-hydrogen) atoms. The average Bonchev–Trinajstić information content (AvgIpc) is 2.88. The minimum Gasteiger partial charge on any atom is -0.366 e. The Hall–Kier alpha value is -2.70. The summed E-state index contributed by atoms with van der Waals surface area (Å²) in [6, 6.07) is 13.3. The number of rotatable bonds is 2. The molecular formula is C18H18ClN5O. The van der Waals surface area contributed by atoms with Gasteiger partial charge in [0, 0.05) is 28.4 Å². The molecule has 0 saturated heterocycles. The van der Waals surface area contributed by atoms with Gasteiger partial charge in [-0.2, -0.15) is 0 Å². The lowest BCUT2D eigenvalue weighted by Crippen LogP contribution is -2.40. The van der Waals surface area contributed by atoms with Gasteiger partial charge in [0.1, 0.15) is 0 Å². The van der Waals surface area contributed by atoms with Gasteiger partial charge in [-0.3, -0.25) is 9.80 Å². The number of amides is 1. The Labute approximate surface area is 150 Å². The van der Waals surface area contributed by atoms with E-state index in [0.29, 0.717) is 10.6 Å². The number of carbonyl (C=O) groups is 1. The molecule has 2 aliphatic rings. The first-order chi connectivity index (χ1) is 12.0. The number of hydrogen-bond donors (Lipinski definition) is 3. The van der Waals surface area contributed by atoms with Crippen LogP contribution in [0.3, 0.4) is 0 Å². The third-order valence-electron chi connectivity index (χ3n) is 4.52. The molecule has 2 aromatic carbocycles. The Balaban J connectivity index is 1.91. The van der Waals surface area contributed by atoms with Crippen LogP contribution in [0, 0.1) is 0 Å². The number of carbonyl (C=O) groups excluding carboxylic acids is 1. The highest BCUT2D eigenvalue weighted by molar-refractivity contribution is 6.30. The lowest BCUT2D eigenvalue weighted by atomic mass is 10.0. The number of fused-ring (bicyclic) bond motifs is 3. The minimum atomic E-state index is -0.437. The van der Waals surface area contributed by atoms with Gasteiger partial charge in [-0.15, -0.1) is 5.53 Å². The fourth-order valence-corrected chi connectivity index (χ4v) is 3.43. The van der Waals surface area contributed by atoms with E-state index < -0.39 is 5.91 Å². The summed E-state index contributed by atoms with van der Waals surface area (Å²) in [7, 11) is 0. The van der Waals surface area contributed by atoms with Crippen molar-refractivity contribution in [3.05, 3.63) is 64.3 Å². The quantitative estimate of drug-likeness (QED) is 0.772. The van der Waals surface area contributed by atoms with Gasteiger partial charge in [0.25, 0.3) is 0 Å².